The highest BCUT2D eigenvalue weighted by Gasteiger charge is 2.40. The molecule has 222 valence electrons. The van der Waals surface area contributed by atoms with Crippen LogP contribution in [-0.4, -0.2) is 53.4 Å². The molecule has 41 heavy (non-hydrogen) atoms. The number of rotatable bonds is 10. The van der Waals surface area contributed by atoms with Gasteiger partial charge in [-0.1, -0.05) is 76.3 Å². The molecule has 2 aromatic carbocycles. The highest BCUT2D eigenvalue weighted by atomic mass is 35.5. The molecule has 8 nitrogen and oxygen atoms in total. The highest BCUT2D eigenvalue weighted by molar-refractivity contribution is 6.76. The lowest BCUT2D eigenvalue weighted by molar-refractivity contribution is -0.0796. The maximum absolute atomic E-state index is 13.1. The summed E-state index contributed by atoms with van der Waals surface area (Å²) >= 11 is 5.90. The van der Waals surface area contributed by atoms with Crippen molar-refractivity contribution in [3.63, 3.8) is 0 Å². The first kappa shape index (κ1) is 32.6. The number of aryl methyl sites for hydroxylation is 1. The fourth-order valence-electron chi connectivity index (χ4n) is 4.74. The number of aliphatic hydroxyl groups is 2. The largest absolute Gasteiger partial charge is 0.387 e. The molecule has 2 N–H and O–H groups in total. The van der Waals surface area contributed by atoms with Crippen molar-refractivity contribution in [3.05, 3.63) is 95.8 Å². The smallest absolute Gasteiger partial charge is 0.137 e. The molecule has 2 unspecified atom stereocenters. The molecule has 11 heteroatoms. The van der Waals surface area contributed by atoms with E-state index in [-0.39, 0.29) is 11.2 Å². The van der Waals surface area contributed by atoms with Crippen LogP contribution in [0.25, 0.3) is 0 Å². The molecule has 0 radical (unpaired) electrons. The Morgan fingerprint density at radius 2 is 1.37 bits per heavy atom. The van der Waals surface area contributed by atoms with Crippen molar-refractivity contribution in [1.82, 2.24) is 29.5 Å². The van der Waals surface area contributed by atoms with Gasteiger partial charge in [0.2, 0.25) is 0 Å². The van der Waals surface area contributed by atoms with Crippen LogP contribution in [0.1, 0.15) is 38.3 Å². The minimum absolute atomic E-state index is 0.259. The van der Waals surface area contributed by atoms with Crippen molar-refractivity contribution < 1.29 is 14.6 Å². The lowest BCUT2D eigenvalue weighted by Gasteiger charge is -2.40. The molecule has 4 rings (SSSR count). The molecule has 0 bridgehead atoms. The first-order valence-electron chi connectivity index (χ1n) is 13.7. The predicted molar refractivity (Wildman–Crippen MR) is 163 cm³/mol. The molecule has 0 aliphatic heterocycles. The summed E-state index contributed by atoms with van der Waals surface area (Å²) in [6.45, 7) is 13.5. The minimum atomic E-state index is -1.53. The molecule has 2 heterocycles. The van der Waals surface area contributed by atoms with Crippen LogP contribution in [-0.2, 0) is 25.1 Å². The maximum atomic E-state index is 13.1. The van der Waals surface area contributed by atoms with Crippen LogP contribution in [0.5, 0.6) is 0 Å². The monoisotopic (exact) mass is 600 g/mol. The number of halogens is 2. The van der Waals surface area contributed by atoms with Gasteiger partial charge in [0.15, 0.2) is 0 Å². The van der Waals surface area contributed by atoms with Crippen LogP contribution >= 0.6 is 11.6 Å². The normalized spacial score (nSPS) is 15.0. The molecule has 0 saturated carbocycles. The van der Waals surface area contributed by atoms with Crippen molar-refractivity contribution in [2.75, 3.05) is 0 Å². The Morgan fingerprint density at radius 1 is 0.829 bits per heavy atom. The van der Waals surface area contributed by atoms with Gasteiger partial charge in [-0.2, -0.15) is 10.2 Å². The van der Waals surface area contributed by atoms with Gasteiger partial charge < -0.3 is 10.2 Å². The Hall–Kier alpha value is -2.92. The topological polar surface area (TPSA) is 102 Å². The molecule has 0 fully saturated rings. The summed E-state index contributed by atoms with van der Waals surface area (Å²) in [7, 11) is -1.53. The molecule has 0 aliphatic rings. The number of hydrogen-bond acceptors (Lipinski definition) is 6. The molecule has 4 aromatic rings. The molecule has 0 saturated heterocycles. The molecule has 0 amide bonds. The van der Waals surface area contributed by atoms with E-state index in [1.54, 1.807) is 34.2 Å². The van der Waals surface area contributed by atoms with Crippen LogP contribution in [0.3, 0.4) is 0 Å². The first-order chi connectivity index (χ1) is 19.1. The van der Waals surface area contributed by atoms with E-state index in [9.17, 15) is 14.6 Å². The summed E-state index contributed by atoms with van der Waals surface area (Å²) in [4.78, 5) is 7.85. The third-order valence-corrected chi connectivity index (χ3v) is 9.02. The second-order valence-corrected chi connectivity index (χ2v) is 18.8. The lowest BCUT2D eigenvalue weighted by Crippen LogP contribution is -2.47. The zero-order valence-corrected chi connectivity index (χ0v) is 26.6. The zero-order valence-electron chi connectivity index (χ0n) is 24.8. The van der Waals surface area contributed by atoms with Crippen LogP contribution in [0.15, 0.2) is 73.8 Å². The fraction of sp³-hybridized carbons (Fsp3) is 0.467. The van der Waals surface area contributed by atoms with Crippen molar-refractivity contribution in [2.45, 2.75) is 83.6 Å². The Labute approximate surface area is 248 Å². The molecular weight excluding hydrogens is 559 g/mol. The van der Waals surface area contributed by atoms with E-state index in [4.69, 9.17) is 11.6 Å². The average molecular weight is 601 g/mol. The van der Waals surface area contributed by atoms with Crippen molar-refractivity contribution in [3.8, 4) is 0 Å². The van der Waals surface area contributed by atoms with Crippen molar-refractivity contribution in [2.24, 2.45) is 5.41 Å². The molecule has 2 aromatic heterocycles. The van der Waals surface area contributed by atoms with E-state index in [2.05, 4.69) is 39.8 Å². The third kappa shape index (κ3) is 9.84. The van der Waals surface area contributed by atoms with Crippen LogP contribution in [0, 0.1) is 11.2 Å². The van der Waals surface area contributed by atoms with Gasteiger partial charge in [-0.3, -0.25) is 4.68 Å². The minimum Gasteiger partial charge on any atom is -0.387 e. The van der Waals surface area contributed by atoms with Crippen LogP contribution in [0.4, 0.5) is 4.39 Å². The summed E-state index contributed by atoms with van der Waals surface area (Å²) in [5, 5.41) is 31.1. The Bertz CT molecular complexity index is 1320. The molecule has 0 spiro atoms. The fourth-order valence-corrected chi connectivity index (χ4v) is 6.94. The van der Waals surface area contributed by atoms with Crippen LogP contribution < -0.4 is 0 Å². The summed E-state index contributed by atoms with van der Waals surface area (Å²) < 4.78 is 16.4. The van der Waals surface area contributed by atoms with Gasteiger partial charge in [0.25, 0.3) is 0 Å². The quantitative estimate of drug-likeness (QED) is 0.217. The van der Waals surface area contributed by atoms with Crippen LogP contribution in [0.2, 0.25) is 30.7 Å². The second-order valence-electron chi connectivity index (χ2n) is 12.9. The van der Waals surface area contributed by atoms with Gasteiger partial charge in [0.1, 0.15) is 36.7 Å². The van der Waals surface area contributed by atoms with E-state index in [0.29, 0.717) is 25.6 Å². The first-order valence-corrected chi connectivity index (χ1v) is 17.8. The van der Waals surface area contributed by atoms with Gasteiger partial charge in [-0.25, -0.2) is 19.0 Å². The maximum Gasteiger partial charge on any atom is 0.137 e. The van der Waals surface area contributed by atoms with Gasteiger partial charge in [0, 0.05) is 13.1 Å². The number of nitrogens with zero attached hydrogens (tertiary/aromatic N) is 6. The van der Waals surface area contributed by atoms with Crippen molar-refractivity contribution >= 4 is 19.7 Å². The van der Waals surface area contributed by atoms with E-state index in [1.165, 1.54) is 30.4 Å². The molecular formula is C30H42ClFN6O2Si. The second kappa shape index (κ2) is 13.4. The SMILES string of the molecule is CC(C)(C)C(O)(CCc1ccc(Cl)cc1)Cn1cncn1.C[Si](C)(C)CC(O)(Cn1cncn1)c1ccc(F)cc1. The van der Waals surface area contributed by atoms with Gasteiger partial charge in [-0.15, -0.1) is 0 Å². The Morgan fingerprint density at radius 3 is 1.83 bits per heavy atom. The number of aromatic nitrogens is 6. The van der Waals surface area contributed by atoms with E-state index >= 15 is 0 Å². The van der Waals surface area contributed by atoms with Crippen molar-refractivity contribution in [1.29, 1.82) is 0 Å². The standard InChI is InChI=1S/C16H22ClN3O.C14H20FN3OSi/c1-15(2,3)16(21,10-20-12-18-11-19-20)9-8-13-4-6-14(17)7-5-13;1-20(2,3)9-14(19,8-18-11-16-10-17-18)12-4-6-13(15)7-5-12/h4-7,11-12,21H,8-10H2,1-3H3;4-7,10-11,19H,8-9H2,1-3H3. The van der Waals surface area contributed by atoms with E-state index < -0.39 is 19.3 Å². The number of benzene rings is 2. The number of hydrogen-bond donors (Lipinski definition) is 2. The Balaban J connectivity index is 0.000000226. The lowest BCUT2D eigenvalue weighted by atomic mass is 9.73. The van der Waals surface area contributed by atoms with Gasteiger partial charge >= 0.3 is 0 Å². The average Bonchev–Trinajstić information content (AvgIpc) is 3.57. The Kier molecular flexibility index (Phi) is 10.6. The van der Waals surface area contributed by atoms with E-state index in [0.717, 1.165) is 17.0 Å². The molecule has 0 aliphatic carbocycles. The summed E-state index contributed by atoms with van der Waals surface area (Å²) in [5.74, 6) is -0.301. The zero-order chi connectivity index (χ0) is 30.3. The predicted octanol–water partition coefficient (Wildman–Crippen LogP) is 5.98. The third-order valence-electron chi connectivity index (χ3n) is 7.12. The van der Waals surface area contributed by atoms with E-state index in [1.807, 2.05) is 45.0 Å². The van der Waals surface area contributed by atoms with Gasteiger partial charge in [0.05, 0.1) is 18.7 Å². The summed E-state index contributed by atoms with van der Waals surface area (Å²) in [5.41, 5.74) is -0.282. The highest BCUT2D eigenvalue weighted by Crippen LogP contribution is 2.36. The molecule has 2 atom stereocenters. The van der Waals surface area contributed by atoms with Gasteiger partial charge in [-0.05, 0) is 59.7 Å². The summed E-state index contributed by atoms with van der Waals surface area (Å²) in [6.07, 6.45) is 7.59. The summed E-state index contributed by atoms with van der Waals surface area (Å²) in [6, 6.07) is 14.5.